The minimum atomic E-state index is -1.75. The van der Waals surface area contributed by atoms with Crippen LogP contribution in [0.15, 0.2) is 34.6 Å². The SMILES string of the molecule is CC(C)=CC[C@@H]1C(=O)C(C(=O)CC(C)C)=C(O)[C@]1(O)CCC=C(C)CO. The molecule has 0 saturated carbocycles. The molecule has 0 aromatic heterocycles. The van der Waals surface area contributed by atoms with Gasteiger partial charge in [-0.2, -0.15) is 0 Å². The van der Waals surface area contributed by atoms with E-state index in [0.29, 0.717) is 6.42 Å². The molecule has 1 aliphatic carbocycles. The van der Waals surface area contributed by atoms with Crippen molar-refractivity contribution in [2.45, 2.75) is 65.9 Å². The van der Waals surface area contributed by atoms with E-state index in [1.807, 2.05) is 33.8 Å². The summed E-state index contributed by atoms with van der Waals surface area (Å²) in [7, 11) is 0. The van der Waals surface area contributed by atoms with Crippen LogP contribution in [0.1, 0.15) is 60.3 Å². The van der Waals surface area contributed by atoms with Crippen molar-refractivity contribution >= 4 is 11.6 Å². The minimum Gasteiger partial charge on any atom is -0.508 e. The van der Waals surface area contributed by atoms with Crippen LogP contribution in [0.2, 0.25) is 0 Å². The minimum absolute atomic E-state index is 0.0515. The maximum absolute atomic E-state index is 12.8. The molecule has 0 aliphatic heterocycles. The average molecular weight is 364 g/mol. The van der Waals surface area contributed by atoms with Crippen LogP contribution < -0.4 is 0 Å². The van der Waals surface area contributed by atoms with Crippen LogP contribution >= 0.6 is 0 Å². The fraction of sp³-hybridized carbons (Fsp3) is 0.619. The van der Waals surface area contributed by atoms with Crippen LogP contribution in [0.3, 0.4) is 0 Å². The van der Waals surface area contributed by atoms with Crippen LogP contribution in [-0.4, -0.2) is 39.1 Å². The molecule has 5 heteroatoms. The van der Waals surface area contributed by atoms with Gasteiger partial charge in [0, 0.05) is 6.42 Å². The van der Waals surface area contributed by atoms with Gasteiger partial charge in [-0.15, -0.1) is 0 Å². The molecule has 5 nitrogen and oxygen atoms in total. The molecule has 0 amide bonds. The molecule has 26 heavy (non-hydrogen) atoms. The zero-order valence-electron chi connectivity index (χ0n) is 16.5. The van der Waals surface area contributed by atoms with Gasteiger partial charge in [-0.1, -0.05) is 37.1 Å². The topological polar surface area (TPSA) is 94.8 Å². The molecule has 0 unspecified atom stereocenters. The standard InChI is InChI=1S/C21H32O5/c1-13(2)8-9-16-19(24)18(17(23)11-14(3)4)20(25)21(16,26)10-6-7-15(5)12-22/h7-8,14,16,22,25-26H,6,9-12H2,1-5H3/t16-,21+/m1/s1. The Balaban J connectivity index is 3.23. The molecule has 146 valence electrons. The molecule has 0 spiro atoms. The van der Waals surface area contributed by atoms with E-state index in [4.69, 9.17) is 5.11 Å². The number of ketones is 2. The molecule has 1 rings (SSSR count). The summed E-state index contributed by atoms with van der Waals surface area (Å²) in [5, 5.41) is 30.8. The number of allylic oxidation sites excluding steroid dienone is 4. The largest absolute Gasteiger partial charge is 0.508 e. The Bertz CT molecular complexity index is 635. The van der Waals surface area contributed by atoms with Crippen LogP contribution in [0.4, 0.5) is 0 Å². The summed E-state index contributed by atoms with van der Waals surface area (Å²) in [6, 6.07) is 0. The Morgan fingerprint density at radius 3 is 2.35 bits per heavy atom. The Kier molecular flexibility index (Phi) is 7.97. The average Bonchev–Trinajstić information content (AvgIpc) is 2.71. The molecule has 2 atom stereocenters. The predicted molar refractivity (Wildman–Crippen MR) is 102 cm³/mol. The first kappa shape index (κ1) is 22.3. The van der Waals surface area contributed by atoms with Gasteiger partial charge in [0.2, 0.25) is 0 Å². The van der Waals surface area contributed by atoms with Crippen LogP contribution in [0.5, 0.6) is 0 Å². The highest BCUT2D eigenvalue weighted by atomic mass is 16.3. The number of hydrogen-bond donors (Lipinski definition) is 3. The molecular weight excluding hydrogens is 332 g/mol. The summed E-state index contributed by atoms with van der Waals surface area (Å²) >= 11 is 0. The van der Waals surface area contributed by atoms with E-state index < -0.39 is 28.8 Å². The van der Waals surface area contributed by atoms with E-state index in [1.165, 1.54) is 0 Å². The highest BCUT2D eigenvalue weighted by molar-refractivity contribution is 6.23. The van der Waals surface area contributed by atoms with Gasteiger partial charge in [0.25, 0.3) is 0 Å². The van der Waals surface area contributed by atoms with Gasteiger partial charge in [0.05, 0.1) is 12.5 Å². The van der Waals surface area contributed by atoms with Gasteiger partial charge in [-0.25, -0.2) is 0 Å². The quantitative estimate of drug-likeness (QED) is 0.430. The van der Waals surface area contributed by atoms with E-state index in [2.05, 4.69) is 0 Å². The first-order chi connectivity index (χ1) is 12.0. The summed E-state index contributed by atoms with van der Waals surface area (Å²) in [5.41, 5.74) is -0.246. The Morgan fingerprint density at radius 1 is 1.23 bits per heavy atom. The second-order valence-electron chi connectivity index (χ2n) is 7.85. The van der Waals surface area contributed by atoms with Crippen molar-refractivity contribution in [1.82, 2.24) is 0 Å². The maximum Gasteiger partial charge on any atom is 0.176 e. The predicted octanol–water partition coefficient (Wildman–Crippen LogP) is 3.42. The Morgan fingerprint density at radius 2 is 1.85 bits per heavy atom. The lowest BCUT2D eigenvalue weighted by molar-refractivity contribution is -0.126. The van der Waals surface area contributed by atoms with Crippen LogP contribution in [-0.2, 0) is 9.59 Å². The second kappa shape index (κ2) is 9.28. The third-order valence-electron chi connectivity index (χ3n) is 4.69. The fourth-order valence-electron chi connectivity index (χ4n) is 3.18. The molecule has 0 aromatic carbocycles. The molecular formula is C21H32O5. The first-order valence-corrected chi connectivity index (χ1v) is 9.17. The lowest BCUT2D eigenvalue weighted by Gasteiger charge is -2.28. The zero-order chi connectivity index (χ0) is 20.1. The molecule has 0 bridgehead atoms. The van der Waals surface area contributed by atoms with E-state index in [9.17, 15) is 19.8 Å². The molecule has 0 saturated heterocycles. The number of aliphatic hydroxyl groups excluding tert-OH is 2. The zero-order valence-corrected chi connectivity index (χ0v) is 16.5. The number of rotatable bonds is 9. The molecule has 0 radical (unpaired) electrons. The third kappa shape index (κ3) is 5.15. The number of aliphatic hydroxyl groups is 3. The van der Waals surface area contributed by atoms with Crippen molar-refractivity contribution in [3.8, 4) is 0 Å². The lowest BCUT2D eigenvalue weighted by Crippen LogP contribution is -2.38. The van der Waals surface area contributed by atoms with Crippen molar-refractivity contribution in [1.29, 1.82) is 0 Å². The van der Waals surface area contributed by atoms with E-state index in [0.717, 1.165) is 11.1 Å². The number of carbonyl (C=O) groups excluding carboxylic acids is 2. The summed E-state index contributed by atoms with van der Waals surface area (Å²) in [5.74, 6) is -2.20. The van der Waals surface area contributed by atoms with E-state index in [1.54, 1.807) is 13.0 Å². The van der Waals surface area contributed by atoms with Crippen LogP contribution in [0.25, 0.3) is 0 Å². The normalized spacial score (nSPS) is 23.8. The summed E-state index contributed by atoms with van der Waals surface area (Å²) in [6.07, 6.45) is 4.52. The van der Waals surface area contributed by atoms with Gasteiger partial charge in [0.1, 0.15) is 16.9 Å². The van der Waals surface area contributed by atoms with Crippen molar-refractivity contribution in [2.75, 3.05) is 6.61 Å². The summed E-state index contributed by atoms with van der Waals surface area (Å²) in [4.78, 5) is 25.3. The smallest absolute Gasteiger partial charge is 0.176 e. The van der Waals surface area contributed by atoms with Gasteiger partial charge in [0.15, 0.2) is 11.6 Å². The second-order valence-corrected chi connectivity index (χ2v) is 7.85. The third-order valence-corrected chi connectivity index (χ3v) is 4.69. The maximum atomic E-state index is 12.8. The highest BCUT2D eigenvalue weighted by Crippen LogP contribution is 2.43. The molecule has 0 heterocycles. The lowest BCUT2D eigenvalue weighted by atomic mass is 9.82. The Hall–Kier alpha value is -1.72. The summed E-state index contributed by atoms with van der Waals surface area (Å²) in [6.45, 7) is 9.19. The van der Waals surface area contributed by atoms with Crippen molar-refractivity contribution in [3.05, 3.63) is 34.6 Å². The van der Waals surface area contributed by atoms with Gasteiger partial charge in [-0.05, 0) is 46.0 Å². The number of carbonyl (C=O) groups is 2. The first-order valence-electron chi connectivity index (χ1n) is 9.17. The van der Waals surface area contributed by atoms with Crippen molar-refractivity contribution in [3.63, 3.8) is 0 Å². The van der Waals surface area contributed by atoms with Crippen LogP contribution in [0, 0.1) is 11.8 Å². The van der Waals surface area contributed by atoms with Crippen molar-refractivity contribution in [2.24, 2.45) is 11.8 Å². The van der Waals surface area contributed by atoms with E-state index in [-0.39, 0.29) is 37.4 Å². The van der Waals surface area contributed by atoms with Crippen molar-refractivity contribution < 1.29 is 24.9 Å². The molecule has 0 fully saturated rings. The fourth-order valence-corrected chi connectivity index (χ4v) is 3.18. The number of hydrogen-bond acceptors (Lipinski definition) is 5. The molecule has 0 aromatic rings. The number of Topliss-reactive ketones (excluding diaryl/α,β-unsaturated/α-hetero) is 2. The van der Waals surface area contributed by atoms with E-state index >= 15 is 0 Å². The Labute approximate surface area is 156 Å². The molecule has 1 aliphatic rings. The monoisotopic (exact) mass is 364 g/mol. The molecule has 3 N–H and O–H groups in total. The van der Waals surface area contributed by atoms with Gasteiger partial charge in [-0.3, -0.25) is 9.59 Å². The highest BCUT2D eigenvalue weighted by Gasteiger charge is 2.53. The summed E-state index contributed by atoms with van der Waals surface area (Å²) < 4.78 is 0. The van der Waals surface area contributed by atoms with Gasteiger partial charge < -0.3 is 15.3 Å². The van der Waals surface area contributed by atoms with Gasteiger partial charge >= 0.3 is 0 Å².